The van der Waals surface area contributed by atoms with Gasteiger partial charge >= 0.3 is 23.9 Å². The van der Waals surface area contributed by atoms with E-state index in [1.807, 2.05) is 75.2 Å². The molecule has 2 N–H and O–H groups in total. The zero-order valence-electron chi connectivity index (χ0n) is 46.9. The third-order valence-corrected chi connectivity index (χ3v) is 14.7. The van der Waals surface area contributed by atoms with Gasteiger partial charge in [0.25, 0.3) is 0 Å². The van der Waals surface area contributed by atoms with E-state index in [0.717, 1.165) is 22.8 Å². The van der Waals surface area contributed by atoms with E-state index in [9.17, 15) is 34.2 Å². The summed E-state index contributed by atoms with van der Waals surface area (Å²) < 4.78 is 56.8. The van der Waals surface area contributed by atoms with Gasteiger partial charge in [-0.3, -0.25) is 24.2 Å². The van der Waals surface area contributed by atoms with Gasteiger partial charge in [-0.15, -0.1) is 0 Å². The lowest BCUT2D eigenvalue weighted by molar-refractivity contribution is -0.344. The normalized spacial score (nSPS) is 33.7. The number of esters is 4. The Morgan fingerprint density at radius 1 is 0.961 bits per heavy atom. The Bertz CT molecular complexity index is 2210. The van der Waals surface area contributed by atoms with Crippen LogP contribution >= 0.6 is 0 Å². The molecule has 3 aliphatic heterocycles. The summed E-state index contributed by atoms with van der Waals surface area (Å²) >= 11 is 0. The van der Waals surface area contributed by atoms with Crippen LogP contribution in [0.25, 0.3) is 17.0 Å². The van der Waals surface area contributed by atoms with Crippen molar-refractivity contribution in [2.75, 3.05) is 41.3 Å². The number of ether oxygens (including phenoxy) is 9. The van der Waals surface area contributed by atoms with Crippen LogP contribution in [0, 0.1) is 17.8 Å². The molecule has 19 nitrogen and oxygen atoms in total. The van der Waals surface area contributed by atoms with Crippen molar-refractivity contribution in [1.82, 2.24) is 14.8 Å². The van der Waals surface area contributed by atoms with Crippen molar-refractivity contribution in [1.29, 1.82) is 0 Å². The maximum atomic E-state index is 14.2. The van der Waals surface area contributed by atoms with Gasteiger partial charge in [-0.2, -0.15) is 0 Å². The Morgan fingerprint density at radius 2 is 1.68 bits per heavy atom. The van der Waals surface area contributed by atoms with E-state index in [4.69, 9.17) is 42.6 Å². The van der Waals surface area contributed by atoms with E-state index >= 15 is 0 Å². The Labute approximate surface area is 449 Å². The summed E-state index contributed by atoms with van der Waals surface area (Å²) in [4.78, 5) is 74.4. The summed E-state index contributed by atoms with van der Waals surface area (Å²) in [5.41, 5.74) is 0.420. The van der Waals surface area contributed by atoms with Crippen molar-refractivity contribution in [3.8, 4) is 0 Å². The maximum absolute atomic E-state index is 14.2. The number of aliphatic hydroxyl groups excluding tert-OH is 2. The molecule has 1 aromatic heterocycles. The minimum atomic E-state index is -1.45. The number of cyclic esters (lactones) is 1. The van der Waals surface area contributed by atoms with E-state index in [2.05, 4.69) is 4.98 Å². The van der Waals surface area contributed by atoms with Gasteiger partial charge in [-0.25, -0.2) is 0 Å². The topological polar surface area (TPSA) is 228 Å². The highest BCUT2D eigenvalue weighted by atomic mass is 16.7. The van der Waals surface area contributed by atoms with Gasteiger partial charge in [-0.05, 0) is 103 Å². The van der Waals surface area contributed by atoms with Gasteiger partial charge in [0.05, 0.1) is 42.4 Å². The first kappa shape index (κ1) is 62.4. The lowest BCUT2D eigenvalue weighted by Gasteiger charge is -2.51. The van der Waals surface area contributed by atoms with Crippen LogP contribution in [0.5, 0.6) is 0 Å². The quantitative estimate of drug-likeness (QED) is 0.0961. The number of rotatable bonds is 18. The summed E-state index contributed by atoms with van der Waals surface area (Å²) in [5.74, 6) is -3.31. The predicted octanol–water partition coefficient (Wildman–Crippen LogP) is 6.21. The predicted molar refractivity (Wildman–Crippen MR) is 282 cm³/mol. The molecule has 5 unspecified atom stereocenters. The fraction of sp³-hybridized carbons (Fsp3) is 0.719. The molecule has 3 aliphatic rings. The molecule has 5 rings (SSSR count). The molecule has 0 radical (unpaired) electrons. The van der Waals surface area contributed by atoms with Crippen LogP contribution in [0.15, 0.2) is 42.6 Å². The first-order chi connectivity index (χ1) is 36.1. The minimum Gasteiger partial charge on any atom is -0.462 e. The molecule has 4 heterocycles. The molecule has 3 fully saturated rings. The zero-order chi connectivity index (χ0) is 55.9. The largest absolute Gasteiger partial charge is 0.462 e. The number of aliphatic hydroxyl groups is 2. The van der Waals surface area contributed by atoms with Crippen LogP contribution in [-0.2, 0) is 66.6 Å². The number of hydrogen-bond donors (Lipinski definition) is 2. The molecule has 76 heavy (non-hydrogen) atoms. The van der Waals surface area contributed by atoms with Crippen LogP contribution < -0.4 is 0 Å². The monoisotopic (exact) mass is 1070 g/mol. The number of hydrogen-bond acceptors (Lipinski definition) is 19. The molecule has 3 saturated heterocycles. The molecule has 0 aliphatic carbocycles. The fourth-order valence-corrected chi connectivity index (χ4v) is 10.7. The van der Waals surface area contributed by atoms with E-state index in [1.54, 1.807) is 59.8 Å². The number of fused-ring (bicyclic) bond motifs is 1. The molecular formula is C57H87N3O16. The molecule has 19 heteroatoms. The summed E-state index contributed by atoms with van der Waals surface area (Å²) in [7, 11) is 6.82. The first-order valence-corrected chi connectivity index (χ1v) is 27.2. The Kier molecular flexibility index (Phi) is 24.2. The second-order valence-electron chi connectivity index (χ2n) is 21.8. The number of carbonyl (C=O) groups is 5. The number of likely N-dealkylation sites (N-methyl/N-ethyl adjacent to an activating group) is 2. The number of carbonyl (C=O) groups excluding carboxylic acids is 5. The highest BCUT2D eigenvalue weighted by molar-refractivity contribution is 5.80. The lowest BCUT2D eigenvalue weighted by atomic mass is 9.82. The number of aromatic nitrogens is 1. The molecule has 0 bridgehead atoms. The molecule has 2 aromatic rings. The van der Waals surface area contributed by atoms with Crippen molar-refractivity contribution in [2.45, 2.75) is 205 Å². The minimum absolute atomic E-state index is 0.0202. The highest BCUT2D eigenvalue weighted by Gasteiger charge is 2.55. The molecule has 1 aromatic carbocycles. The van der Waals surface area contributed by atoms with Crippen molar-refractivity contribution >= 4 is 47.1 Å². The third-order valence-electron chi connectivity index (χ3n) is 14.7. The molecular weight excluding hydrogens is 983 g/mol. The third kappa shape index (κ3) is 17.5. The molecule has 426 valence electrons. The van der Waals surface area contributed by atoms with Crippen molar-refractivity contribution < 1.29 is 76.8 Å². The Morgan fingerprint density at radius 3 is 2.36 bits per heavy atom. The van der Waals surface area contributed by atoms with Crippen LogP contribution in [-0.4, -0.2) is 182 Å². The van der Waals surface area contributed by atoms with Crippen molar-refractivity contribution in [3.05, 3.63) is 48.2 Å². The Balaban J connectivity index is 1.45. The SMILES string of the molecule is CCC(=O)O[C@@H]1CC(=O)O[C@@H](C/C=C/c2cnc3ccccc3c2)CCCN(C)C[C@H](O)[C@H](C)C[C@H](CC=O)[C@H](O[C@@H]2OC(C)[C@H](O[C@H]3CC(C)(OC(=O)CC)[C@@H](OC(=O)CC(C)C)C(C)O3)C(N(C)C)C2O)[C@H]1OC. The average molecular weight is 1070 g/mol. The van der Waals surface area contributed by atoms with Crippen LogP contribution in [0.2, 0.25) is 0 Å². The summed E-state index contributed by atoms with van der Waals surface area (Å²) in [6, 6.07) is 9.03. The standard InChI is InChI=1S/C57H87N3O16/c1-13-45(63)72-44-30-48(66)71-41(21-17-19-38-29-39-20-15-16-23-42(39)58-32-38)22-18-25-60(11)33-43(62)35(5)28-40(24-26-61)53(54(44)68-12)75-56-51(67)50(59(9)10)52(36(6)70-56)74-49-31-57(8,76-46(64)14-2)55(37(7)69-49)73-47(65)27-34(3)4/h15-17,19-20,23,26,29,32,34-37,40-41,43-44,49-56,62,67H,13-14,18,21-22,24-25,27-28,30-31,33H2,1-12H3/b19-17+/t35-,36?,37?,40+,41+,43+,44-,49+,50?,51?,52+,53+,54+,55+,56+,57?/m1/s1. The van der Waals surface area contributed by atoms with E-state index in [-0.39, 0.29) is 44.4 Å². The van der Waals surface area contributed by atoms with Crippen molar-refractivity contribution in [3.63, 3.8) is 0 Å². The van der Waals surface area contributed by atoms with Gasteiger partial charge < -0.3 is 67.4 Å². The second-order valence-corrected chi connectivity index (χ2v) is 21.8. The summed E-state index contributed by atoms with van der Waals surface area (Å²) in [6.45, 7) is 15.0. The van der Waals surface area contributed by atoms with Gasteiger partial charge in [0.1, 0.15) is 36.8 Å². The smallest absolute Gasteiger partial charge is 0.309 e. The number of aldehydes is 1. The first-order valence-electron chi connectivity index (χ1n) is 27.2. The highest BCUT2D eigenvalue weighted by Crippen LogP contribution is 2.40. The number of pyridine rings is 1. The molecule has 0 spiro atoms. The van der Waals surface area contributed by atoms with Crippen LogP contribution in [0.3, 0.4) is 0 Å². The summed E-state index contributed by atoms with van der Waals surface area (Å²) in [5, 5.41) is 25.1. The van der Waals surface area contributed by atoms with E-state index in [1.165, 1.54) is 7.11 Å². The van der Waals surface area contributed by atoms with E-state index in [0.29, 0.717) is 32.4 Å². The number of nitrogens with zero attached hydrogens (tertiary/aromatic N) is 3. The van der Waals surface area contributed by atoms with Gasteiger partial charge in [0, 0.05) is 63.8 Å². The van der Waals surface area contributed by atoms with Crippen LogP contribution in [0.1, 0.15) is 125 Å². The number of methoxy groups -OCH3 is 1. The van der Waals surface area contributed by atoms with Crippen molar-refractivity contribution in [2.24, 2.45) is 17.8 Å². The number of para-hydroxylation sites is 1. The summed E-state index contributed by atoms with van der Waals surface area (Å²) in [6.07, 6.45) is -4.58. The second kappa shape index (κ2) is 29.5. The Hall–Kier alpha value is -4.44. The number of benzene rings is 1. The van der Waals surface area contributed by atoms with Gasteiger partial charge in [0.15, 0.2) is 24.3 Å². The van der Waals surface area contributed by atoms with Gasteiger partial charge in [0.2, 0.25) is 0 Å². The zero-order valence-corrected chi connectivity index (χ0v) is 46.9. The lowest BCUT2D eigenvalue weighted by Crippen LogP contribution is -2.66. The van der Waals surface area contributed by atoms with Gasteiger partial charge in [-0.1, -0.05) is 65.0 Å². The average Bonchev–Trinajstić information content (AvgIpc) is 3.35. The van der Waals surface area contributed by atoms with E-state index < -0.39 is 127 Å². The molecule has 16 atom stereocenters. The molecule has 0 amide bonds. The fourth-order valence-electron chi connectivity index (χ4n) is 10.7. The maximum Gasteiger partial charge on any atom is 0.309 e. The molecule has 0 saturated carbocycles. The van der Waals surface area contributed by atoms with Crippen LogP contribution in [0.4, 0.5) is 0 Å². The number of β-amino-alcohol motifs (C(OH)–C–C–N with tert-alkyl or cyclic N) is 1.